The Kier molecular flexibility index (Phi) is 4.87. The third kappa shape index (κ3) is 3.44. The number of likely N-dealkylation sites (tertiary alicyclic amines) is 1. The van der Waals surface area contributed by atoms with Crippen LogP contribution >= 0.6 is 0 Å². The largest absolute Gasteiger partial charge is 0.341 e. The molecule has 1 aliphatic rings. The lowest BCUT2D eigenvalue weighted by Gasteiger charge is -2.32. The van der Waals surface area contributed by atoms with E-state index in [1.54, 1.807) is 4.90 Å². The van der Waals surface area contributed by atoms with Crippen LogP contribution in [-0.2, 0) is 21.2 Å². The van der Waals surface area contributed by atoms with Gasteiger partial charge in [0, 0.05) is 13.1 Å². The molecule has 2 aromatic carbocycles. The summed E-state index contributed by atoms with van der Waals surface area (Å²) in [5.74, 6) is -0.0117. The summed E-state index contributed by atoms with van der Waals surface area (Å²) >= 11 is 0. The lowest BCUT2D eigenvalue weighted by Crippen LogP contribution is -2.48. The SMILES string of the molecule is CNS(=O)(=O)[C@@H]1CCCN(C(=O)Cc2cccc3ccccc23)C1. The molecule has 1 N–H and O–H groups in total. The van der Waals surface area contributed by atoms with Crippen LogP contribution in [-0.4, -0.2) is 44.6 Å². The Morgan fingerprint density at radius 2 is 1.96 bits per heavy atom. The highest BCUT2D eigenvalue weighted by Gasteiger charge is 2.31. The number of benzene rings is 2. The summed E-state index contributed by atoms with van der Waals surface area (Å²) in [7, 11) is -1.92. The summed E-state index contributed by atoms with van der Waals surface area (Å²) in [4.78, 5) is 14.4. The van der Waals surface area contributed by atoms with Gasteiger partial charge in [0.1, 0.15) is 0 Å². The van der Waals surface area contributed by atoms with Crippen molar-refractivity contribution in [1.82, 2.24) is 9.62 Å². The van der Waals surface area contributed by atoms with Gasteiger partial charge in [0.05, 0.1) is 11.7 Å². The van der Waals surface area contributed by atoms with Crippen molar-refractivity contribution in [2.45, 2.75) is 24.5 Å². The molecule has 2 aromatic rings. The minimum Gasteiger partial charge on any atom is -0.341 e. The van der Waals surface area contributed by atoms with Gasteiger partial charge in [-0.25, -0.2) is 13.1 Å². The second-order valence-electron chi connectivity index (χ2n) is 6.17. The summed E-state index contributed by atoms with van der Waals surface area (Å²) in [6.45, 7) is 0.895. The van der Waals surface area contributed by atoms with E-state index in [-0.39, 0.29) is 12.5 Å². The normalized spacial score (nSPS) is 18.7. The van der Waals surface area contributed by atoms with Crippen molar-refractivity contribution in [3.05, 3.63) is 48.0 Å². The van der Waals surface area contributed by atoms with Crippen LogP contribution in [0, 0.1) is 0 Å². The average Bonchev–Trinajstić information content (AvgIpc) is 2.62. The molecule has 1 saturated heterocycles. The standard InChI is InChI=1S/C18H22N2O3S/c1-19-24(22,23)16-9-5-11-20(13-16)18(21)12-15-8-4-7-14-6-2-3-10-17(14)15/h2-4,6-8,10,16,19H,5,9,11-13H2,1H3/t16-/m1/s1. The Bertz CT molecular complexity index is 843. The van der Waals surface area contributed by atoms with E-state index in [1.807, 2.05) is 42.5 Å². The van der Waals surface area contributed by atoms with Crippen LogP contribution < -0.4 is 4.72 Å². The molecular weight excluding hydrogens is 324 g/mol. The first-order valence-electron chi connectivity index (χ1n) is 8.18. The van der Waals surface area contributed by atoms with Gasteiger partial charge in [0.2, 0.25) is 15.9 Å². The van der Waals surface area contributed by atoms with Gasteiger partial charge in [-0.15, -0.1) is 0 Å². The Morgan fingerprint density at radius 3 is 2.75 bits per heavy atom. The van der Waals surface area contributed by atoms with Gasteiger partial charge >= 0.3 is 0 Å². The lowest BCUT2D eigenvalue weighted by atomic mass is 10.0. The third-order valence-electron chi connectivity index (χ3n) is 4.68. The average molecular weight is 346 g/mol. The Hall–Kier alpha value is -1.92. The zero-order chi connectivity index (χ0) is 17.2. The lowest BCUT2D eigenvalue weighted by molar-refractivity contribution is -0.131. The van der Waals surface area contributed by atoms with Crippen molar-refractivity contribution in [3.8, 4) is 0 Å². The highest BCUT2D eigenvalue weighted by molar-refractivity contribution is 7.90. The second-order valence-corrected chi connectivity index (χ2v) is 8.33. The van der Waals surface area contributed by atoms with Crippen LogP contribution in [0.1, 0.15) is 18.4 Å². The number of rotatable bonds is 4. The molecule has 1 heterocycles. The molecule has 6 heteroatoms. The number of hydrogen-bond acceptors (Lipinski definition) is 3. The topological polar surface area (TPSA) is 66.5 Å². The second kappa shape index (κ2) is 6.91. The zero-order valence-electron chi connectivity index (χ0n) is 13.7. The zero-order valence-corrected chi connectivity index (χ0v) is 14.6. The van der Waals surface area contributed by atoms with Crippen molar-refractivity contribution in [2.24, 2.45) is 0 Å². The minimum absolute atomic E-state index is 0.0117. The molecular formula is C18H22N2O3S. The van der Waals surface area contributed by atoms with Gasteiger partial charge in [-0.3, -0.25) is 4.79 Å². The fourth-order valence-electron chi connectivity index (χ4n) is 3.31. The molecule has 24 heavy (non-hydrogen) atoms. The molecule has 1 atom stereocenters. The molecule has 1 fully saturated rings. The quantitative estimate of drug-likeness (QED) is 0.920. The van der Waals surface area contributed by atoms with Crippen molar-refractivity contribution >= 4 is 26.7 Å². The first-order chi connectivity index (χ1) is 11.5. The minimum atomic E-state index is -3.34. The van der Waals surface area contributed by atoms with E-state index in [9.17, 15) is 13.2 Å². The van der Waals surface area contributed by atoms with Gasteiger partial charge in [-0.05, 0) is 36.2 Å². The van der Waals surface area contributed by atoms with Gasteiger partial charge in [-0.2, -0.15) is 0 Å². The monoisotopic (exact) mass is 346 g/mol. The molecule has 0 aromatic heterocycles. The van der Waals surface area contributed by atoms with E-state index in [0.717, 1.165) is 16.3 Å². The van der Waals surface area contributed by atoms with Gasteiger partial charge in [0.25, 0.3) is 0 Å². The summed E-state index contributed by atoms with van der Waals surface area (Å²) in [5, 5.41) is 1.66. The number of hydrogen-bond donors (Lipinski definition) is 1. The Labute approximate surface area is 142 Å². The molecule has 128 valence electrons. The number of carbonyl (C=O) groups is 1. The molecule has 1 aliphatic heterocycles. The Morgan fingerprint density at radius 1 is 1.21 bits per heavy atom. The van der Waals surface area contributed by atoms with Crippen molar-refractivity contribution in [1.29, 1.82) is 0 Å². The summed E-state index contributed by atoms with van der Waals surface area (Å²) < 4.78 is 26.4. The fraction of sp³-hybridized carbons (Fsp3) is 0.389. The van der Waals surface area contributed by atoms with Gasteiger partial charge < -0.3 is 4.90 Å². The number of nitrogens with zero attached hydrogens (tertiary/aromatic N) is 1. The molecule has 0 spiro atoms. The summed E-state index contributed by atoms with van der Waals surface area (Å²) in [6, 6.07) is 13.9. The van der Waals surface area contributed by atoms with E-state index in [4.69, 9.17) is 0 Å². The number of fused-ring (bicyclic) bond motifs is 1. The van der Waals surface area contributed by atoms with Crippen LogP contribution in [0.4, 0.5) is 0 Å². The maximum Gasteiger partial charge on any atom is 0.227 e. The van der Waals surface area contributed by atoms with E-state index in [2.05, 4.69) is 4.72 Å². The van der Waals surface area contributed by atoms with E-state index >= 15 is 0 Å². The summed E-state index contributed by atoms with van der Waals surface area (Å²) in [6.07, 6.45) is 1.61. The molecule has 0 aliphatic carbocycles. The van der Waals surface area contributed by atoms with Crippen molar-refractivity contribution in [3.63, 3.8) is 0 Å². The first kappa shape index (κ1) is 16.9. The smallest absolute Gasteiger partial charge is 0.227 e. The van der Waals surface area contributed by atoms with Crippen LogP contribution in [0.25, 0.3) is 10.8 Å². The van der Waals surface area contributed by atoms with Crippen LogP contribution in [0.2, 0.25) is 0 Å². The molecule has 0 bridgehead atoms. The first-order valence-corrected chi connectivity index (χ1v) is 9.72. The Balaban J connectivity index is 1.77. The van der Waals surface area contributed by atoms with Crippen molar-refractivity contribution < 1.29 is 13.2 Å². The molecule has 5 nitrogen and oxygen atoms in total. The third-order valence-corrected chi connectivity index (χ3v) is 6.51. The van der Waals surface area contributed by atoms with Crippen LogP contribution in [0.15, 0.2) is 42.5 Å². The molecule has 3 rings (SSSR count). The molecule has 0 radical (unpaired) electrons. The summed E-state index contributed by atoms with van der Waals surface area (Å²) in [5.41, 5.74) is 0.983. The molecule has 1 amide bonds. The highest BCUT2D eigenvalue weighted by atomic mass is 32.2. The number of piperidine rings is 1. The number of sulfonamides is 1. The number of amides is 1. The van der Waals surface area contributed by atoms with Crippen LogP contribution in [0.5, 0.6) is 0 Å². The molecule has 0 unspecified atom stereocenters. The van der Waals surface area contributed by atoms with Crippen molar-refractivity contribution in [2.75, 3.05) is 20.1 Å². The maximum absolute atomic E-state index is 12.7. The number of nitrogens with one attached hydrogen (secondary N) is 1. The van der Waals surface area contributed by atoms with Gasteiger partial charge in [-0.1, -0.05) is 42.5 Å². The van der Waals surface area contributed by atoms with E-state index in [1.165, 1.54) is 7.05 Å². The molecule has 0 saturated carbocycles. The predicted molar refractivity (Wildman–Crippen MR) is 95.2 cm³/mol. The van der Waals surface area contributed by atoms with Crippen LogP contribution in [0.3, 0.4) is 0 Å². The maximum atomic E-state index is 12.7. The fourth-order valence-corrected chi connectivity index (χ4v) is 4.49. The predicted octanol–water partition coefficient (Wildman–Crippen LogP) is 1.92. The number of carbonyl (C=O) groups excluding carboxylic acids is 1. The van der Waals surface area contributed by atoms with Gasteiger partial charge in [0.15, 0.2) is 0 Å². The van der Waals surface area contributed by atoms with E-state index < -0.39 is 15.3 Å². The van der Waals surface area contributed by atoms with E-state index in [0.29, 0.717) is 25.8 Å². The highest BCUT2D eigenvalue weighted by Crippen LogP contribution is 2.21.